The minimum Gasteiger partial charge on any atom is -0.456 e. The van der Waals surface area contributed by atoms with E-state index in [4.69, 9.17) is 4.74 Å². The van der Waals surface area contributed by atoms with E-state index in [1.807, 2.05) is 20.8 Å². The first-order valence-corrected chi connectivity index (χ1v) is 6.47. The average molecular weight is 278 g/mol. The van der Waals surface area contributed by atoms with Gasteiger partial charge in [-0.1, -0.05) is 12.1 Å². The molecule has 0 atom stereocenters. The number of carbonyl (C=O) groups is 2. The van der Waals surface area contributed by atoms with Crippen LogP contribution in [0.25, 0.3) is 0 Å². The predicted molar refractivity (Wildman–Crippen MR) is 78.8 cm³/mol. The second-order valence-corrected chi connectivity index (χ2v) is 5.69. The summed E-state index contributed by atoms with van der Waals surface area (Å²) in [4.78, 5) is 25.2. The molecule has 0 aliphatic rings. The second kappa shape index (κ2) is 6.41. The molecule has 110 valence electrons. The molecule has 1 amide bonds. The van der Waals surface area contributed by atoms with Gasteiger partial charge in [0.05, 0.1) is 12.1 Å². The first kappa shape index (κ1) is 16.0. The molecule has 20 heavy (non-hydrogen) atoms. The van der Waals surface area contributed by atoms with Crippen LogP contribution in [0, 0.1) is 0 Å². The standard InChI is InChI=1S/C15H22N2O3/c1-15(2,3)20-14(19)11-8-6-7-9-12(11)16-10-13(18)17(4)5/h6-9,16H,10H2,1-5H3. The number of hydrogen-bond acceptors (Lipinski definition) is 4. The van der Waals surface area contributed by atoms with E-state index in [1.54, 1.807) is 38.4 Å². The zero-order valence-corrected chi connectivity index (χ0v) is 12.7. The maximum atomic E-state index is 12.1. The van der Waals surface area contributed by atoms with Crippen molar-refractivity contribution in [2.75, 3.05) is 26.0 Å². The number of amides is 1. The van der Waals surface area contributed by atoms with Gasteiger partial charge in [-0.3, -0.25) is 4.79 Å². The number of esters is 1. The van der Waals surface area contributed by atoms with Gasteiger partial charge in [0, 0.05) is 19.8 Å². The molecule has 0 spiro atoms. The Balaban J connectivity index is 2.83. The lowest BCUT2D eigenvalue weighted by molar-refractivity contribution is -0.126. The van der Waals surface area contributed by atoms with Crippen molar-refractivity contribution in [3.63, 3.8) is 0 Å². The lowest BCUT2D eigenvalue weighted by Gasteiger charge is -2.21. The zero-order valence-electron chi connectivity index (χ0n) is 12.7. The topological polar surface area (TPSA) is 58.6 Å². The second-order valence-electron chi connectivity index (χ2n) is 5.69. The third-order valence-corrected chi connectivity index (χ3v) is 2.47. The van der Waals surface area contributed by atoms with E-state index in [0.717, 1.165) is 0 Å². The molecule has 1 rings (SSSR count). The molecule has 1 aromatic carbocycles. The monoisotopic (exact) mass is 278 g/mol. The van der Waals surface area contributed by atoms with Crippen molar-refractivity contribution in [2.24, 2.45) is 0 Å². The van der Waals surface area contributed by atoms with Gasteiger partial charge in [-0.15, -0.1) is 0 Å². The highest BCUT2D eigenvalue weighted by molar-refractivity contribution is 5.96. The summed E-state index contributed by atoms with van der Waals surface area (Å²) < 4.78 is 5.34. The predicted octanol–water partition coefficient (Wildman–Crippen LogP) is 2.14. The summed E-state index contributed by atoms with van der Waals surface area (Å²) in [5.74, 6) is -0.470. The largest absolute Gasteiger partial charge is 0.456 e. The van der Waals surface area contributed by atoms with Crippen LogP contribution in [0.15, 0.2) is 24.3 Å². The molecule has 0 bridgehead atoms. The van der Waals surface area contributed by atoms with E-state index >= 15 is 0 Å². The summed E-state index contributed by atoms with van der Waals surface area (Å²) >= 11 is 0. The van der Waals surface area contributed by atoms with Crippen LogP contribution >= 0.6 is 0 Å². The number of nitrogens with zero attached hydrogens (tertiary/aromatic N) is 1. The van der Waals surface area contributed by atoms with Gasteiger partial charge < -0.3 is 15.0 Å². The lowest BCUT2D eigenvalue weighted by Crippen LogP contribution is -2.29. The molecule has 0 aliphatic heterocycles. The van der Waals surface area contributed by atoms with Gasteiger partial charge in [-0.2, -0.15) is 0 Å². The van der Waals surface area contributed by atoms with E-state index in [9.17, 15) is 9.59 Å². The van der Waals surface area contributed by atoms with Gasteiger partial charge in [0.15, 0.2) is 0 Å². The number of ether oxygens (including phenoxy) is 1. The van der Waals surface area contributed by atoms with Crippen molar-refractivity contribution < 1.29 is 14.3 Å². The minimum absolute atomic E-state index is 0.0657. The van der Waals surface area contributed by atoms with E-state index in [2.05, 4.69) is 5.32 Å². The number of anilines is 1. The lowest BCUT2D eigenvalue weighted by atomic mass is 10.1. The van der Waals surface area contributed by atoms with Gasteiger partial charge >= 0.3 is 5.97 Å². The number of benzene rings is 1. The third kappa shape index (κ3) is 4.91. The van der Waals surface area contributed by atoms with Crippen molar-refractivity contribution in [3.05, 3.63) is 29.8 Å². The quantitative estimate of drug-likeness (QED) is 0.857. The molecule has 0 unspecified atom stereocenters. The number of nitrogens with one attached hydrogen (secondary N) is 1. The fourth-order valence-electron chi connectivity index (χ4n) is 1.48. The summed E-state index contributed by atoms with van der Waals surface area (Å²) in [5, 5.41) is 2.97. The van der Waals surface area contributed by atoms with Gasteiger partial charge in [0.25, 0.3) is 0 Å². The fraction of sp³-hybridized carbons (Fsp3) is 0.467. The summed E-state index contributed by atoms with van der Waals surface area (Å²) in [6.07, 6.45) is 0. The smallest absolute Gasteiger partial charge is 0.340 e. The molecule has 5 heteroatoms. The van der Waals surface area contributed by atoms with Crippen LogP contribution in [-0.2, 0) is 9.53 Å². The van der Waals surface area contributed by atoms with Gasteiger partial charge in [0.2, 0.25) is 5.91 Å². The number of carbonyl (C=O) groups excluding carboxylic acids is 2. The molecule has 0 saturated carbocycles. The number of rotatable bonds is 4. The molecular formula is C15H22N2O3. The summed E-state index contributed by atoms with van der Waals surface area (Å²) in [6, 6.07) is 6.99. The van der Waals surface area contributed by atoms with Crippen molar-refractivity contribution in [1.82, 2.24) is 4.90 Å². The SMILES string of the molecule is CN(C)C(=O)CNc1ccccc1C(=O)OC(C)(C)C. The third-order valence-electron chi connectivity index (χ3n) is 2.47. The highest BCUT2D eigenvalue weighted by Gasteiger charge is 2.20. The van der Waals surface area contributed by atoms with Gasteiger partial charge in [-0.05, 0) is 32.9 Å². The molecular weight excluding hydrogens is 256 g/mol. The summed E-state index contributed by atoms with van der Waals surface area (Å²) in [7, 11) is 3.37. The molecule has 1 aromatic rings. The van der Waals surface area contributed by atoms with E-state index in [0.29, 0.717) is 11.3 Å². The van der Waals surface area contributed by atoms with Crippen LogP contribution in [0.5, 0.6) is 0 Å². The molecule has 0 saturated heterocycles. The molecule has 0 aliphatic carbocycles. The van der Waals surface area contributed by atoms with E-state index < -0.39 is 11.6 Å². The zero-order chi connectivity index (χ0) is 15.3. The Morgan fingerprint density at radius 1 is 1.20 bits per heavy atom. The summed E-state index contributed by atoms with van der Waals surface area (Å²) in [6.45, 7) is 5.58. The number of hydrogen-bond donors (Lipinski definition) is 1. The Kier molecular flexibility index (Phi) is 5.13. The van der Waals surface area contributed by atoms with Crippen molar-refractivity contribution >= 4 is 17.6 Å². The van der Waals surface area contributed by atoms with E-state index in [-0.39, 0.29) is 12.5 Å². The maximum Gasteiger partial charge on any atom is 0.340 e. The Morgan fingerprint density at radius 2 is 1.80 bits per heavy atom. The number of para-hydroxylation sites is 1. The van der Waals surface area contributed by atoms with Crippen LogP contribution in [0.4, 0.5) is 5.69 Å². The molecule has 1 N–H and O–H groups in total. The molecule has 0 aromatic heterocycles. The molecule has 5 nitrogen and oxygen atoms in total. The minimum atomic E-state index is -0.552. The van der Waals surface area contributed by atoms with Gasteiger partial charge in [-0.25, -0.2) is 4.79 Å². The highest BCUT2D eigenvalue weighted by Crippen LogP contribution is 2.19. The van der Waals surface area contributed by atoms with Crippen LogP contribution in [0.1, 0.15) is 31.1 Å². The van der Waals surface area contributed by atoms with Crippen LogP contribution in [0.2, 0.25) is 0 Å². The van der Waals surface area contributed by atoms with Gasteiger partial charge in [0.1, 0.15) is 5.60 Å². The van der Waals surface area contributed by atoms with Crippen molar-refractivity contribution in [2.45, 2.75) is 26.4 Å². The first-order valence-electron chi connectivity index (χ1n) is 6.47. The Labute approximate surface area is 119 Å². The Morgan fingerprint density at radius 3 is 2.35 bits per heavy atom. The maximum absolute atomic E-state index is 12.1. The van der Waals surface area contributed by atoms with E-state index in [1.165, 1.54) is 4.90 Å². The molecule has 0 fully saturated rings. The van der Waals surface area contributed by atoms with Crippen LogP contribution in [-0.4, -0.2) is 43.0 Å². The van der Waals surface area contributed by atoms with Crippen LogP contribution < -0.4 is 5.32 Å². The summed E-state index contributed by atoms with van der Waals surface area (Å²) in [5.41, 5.74) is 0.467. The van der Waals surface area contributed by atoms with Crippen molar-refractivity contribution in [3.8, 4) is 0 Å². The molecule has 0 heterocycles. The fourth-order valence-corrected chi connectivity index (χ4v) is 1.48. The normalized spacial score (nSPS) is 10.8. The first-order chi connectivity index (χ1) is 9.20. The molecule has 0 radical (unpaired) electrons. The number of likely N-dealkylation sites (N-methyl/N-ethyl adjacent to an activating group) is 1. The van der Waals surface area contributed by atoms with Crippen LogP contribution in [0.3, 0.4) is 0 Å². The highest BCUT2D eigenvalue weighted by atomic mass is 16.6. The Hall–Kier alpha value is -2.04. The van der Waals surface area contributed by atoms with Crippen molar-refractivity contribution in [1.29, 1.82) is 0 Å². The Bertz CT molecular complexity index is 490. The average Bonchev–Trinajstić information content (AvgIpc) is 2.34.